The van der Waals surface area contributed by atoms with Gasteiger partial charge in [-0.25, -0.2) is 18.8 Å². The van der Waals surface area contributed by atoms with Crippen LogP contribution in [-0.4, -0.2) is 25.5 Å². The van der Waals surface area contributed by atoms with Gasteiger partial charge in [-0.1, -0.05) is 0 Å². The van der Waals surface area contributed by atoms with Crippen molar-refractivity contribution in [1.82, 2.24) is 0 Å². The second-order valence-corrected chi connectivity index (χ2v) is 1.26. The molecule has 4 nitrogen and oxygen atoms in total. The van der Waals surface area contributed by atoms with Gasteiger partial charge in [-0.3, -0.25) is 6.08 Å². The van der Waals surface area contributed by atoms with Crippen LogP contribution in [0.4, 0.5) is 0 Å². The first-order valence-corrected chi connectivity index (χ1v) is 3.42. The third-order valence-corrected chi connectivity index (χ3v) is 0.586. The molecule has 1 N–H and O–H groups in total. The maximum absolute atomic E-state index is 8.00. The maximum Gasteiger partial charge on any atom is 3.00 e. The summed E-state index contributed by atoms with van der Waals surface area (Å²) in [5.74, 6) is 0. The Balaban J connectivity index is -0.0000000206. The van der Waals surface area contributed by atoms with Crippen LogP contribution in [0.1, 0.15) is 13.3 Å². The number of carbonyl (C=O) groups is 3. The first kappa shape index (κ1) is 36.3. The molecule has 0 radical (unpaired) electrons. The van der Waals surface area contributed by atoms with Crippen LogP contribution in [0.15, 0.2) is 18.2 Å². The molecule has 0 atom stereocenters. The van der Waals surface area contributed by atoms with Gasteiger partial charge in [0.25, 0.3) is 0 Å². The normalized spacial score (nSPS) is 7.38. The van der Waals surface area contributed by atoms with Gasteiger partial charge in [-0.05, 0) is 0 Å². The summed E-state index contributed by atoms with van der Waals surface area (Å²) in [7, 11) is 0. The summed E-state index contributed by atoms with van der Waals surface area (Å²) >= 11 is 0. The van der Waals surface area contributed by atoms with Crippen molar-refractivity contribution in [2.24, 2.45) is 0 Å². The van der Waals surface area contributed by atoms with Crippen LogP contribution in [0.2, 0.25) is 0 Å². The van der Waals surface area contributed by atoms with Crippen molar-refractivity contribution in [2.45, 2.75) is 13.3 Å². The molecule has 0 aromatic rings. The average molecular weight is 270 g/mol. The third-order valence-electron chi connectivity index (χ3n) is 0.586. The predicted molar refractivity (Wildman–Crippen MR) is 61.3 cm³/mol. The number of carbonyl (C=O) groups excluding carboxylic acids is 3. The Kier molecular flexibility index (Phi) is 216. The summed E-state index contributed by atoms with van der Waals surface area (Å²) in [4.78, 5) is 24.0. The molecule has 16 heavy (non-hydrogen) atoms. The standard InChI is InChI=1S/C5H5.C2H5O.3CH2O.CH3.Mn/c1-2-4-5-3-1;1-2-3;3*1-2;;/h1-3H,4H2;2-3H,1H3;3*1H2;1H3;/q2*-1;;;;-1;+3. The molecular formula is C11H19MnO4. The fourth-order valence-corrected chi connectivity index (χ4v) is 0.340. The number of aliphatic hydroxyl groups excluding tert-OH is 1. The molecule has 0 saturated heterocycles. The Morgan fingerprint density at radius 2 is 1.50 bits per heavy atom. The minimum absolute atomic E-state index is 0. The summed E-state index contributed by atoms with van der Waals surface area (Å²) in [5, 5.41) is 7.44. The Morgan fingerprint density at radius 3 is 1.56 bits per heavy atom. The first-order valence-electron chi connectivity index (χ1n) is 3.42. The van der Waals surface area contributed by atoms with E-state index in [0.717, 1.165) is 13.0 Å². The van der Waals surface area contributed by atoms with Gasteiger partial charge in [0.1, 0.15) is 20.4 Å². The molecule has 5 heteroatoms. The van der Waals surface area contributed by atoms with E-state index >= 15 is 0 Å². The molecule has 0 aromatic carbocycles. The van der Waals surface area contributed by atoms with E-state index < -0.39 is 0 Å². The van der Waals surface area contributed by atoms with E-state index in [0.29, 0.717) is 0 Å². The van der Waals surface area contributed by atoms with E-state index in [4.69, 9.17) is 19.5 Å². The second kappa shape index (κ2) is 95.1. The average Bonchev–Trinajstić information content (AvgIpc) is 2.85. The molecule has 1 aliphatic carbocycles. The van der Waals surface area contributed by atoms with Gasteiger partial charge in [0, 0.05) is 0 Å². The van der Waals surface area contributed by atoms with E-state index in [9.17, 15) is 0 Å². The summed E-state index contributed by atoms with van der Waals surface area (Å²) in [5.41, 5.74) is 0. The number of aliphatic hydroxyl groups is 1. The molecule has 0 saturated carbocycles. The van der Waals surface area contributed by atoms with Crippen LogP contribution in [0.25, 0.3) is 0 Å². The molecule has 0 heterocycles. The van der Waals surface area contributed by atoms with Gasteiger partial charge >= 0.3 is 17.1 Å². The fraction of sp³-hybridized carbons (Fsp3) is 0.182. The Morgan fingerprint density at radius 1 is 1.19 bits per heavy atom. The fourth-order valence-electron chi connectivity index (χ4n) is 0.340. The van der Waals surface area contributed by atoms with Crippen molar-refractivity contribution >= 4 is 20.4 Å². The van der Waals surface area contributed by atoms with Gasteiger partial charge in [-0.2, -0.15) is 13.0 Å². The minimum Gasteiger partial charge on any atom is -0.566 e. The van der Waals surface area contributed by atoms with E-state index in [-0.39, 0.29) is 24.5 Å². The molecule has 0 aromatic heterocycles. The molecule has 0 amide bonds. The van der Waals surface area contributed by atoms with E-state index in [1.807, 2.05) is 32.5 Å². The van der Waals surface area contributed by atoms with Gasteiger partial charge < -0.3 is 26.9 Å². The van der Waals surface area contributed by atoms with Crippen molar-refractivity contribution in [1.29, 1.82) is 0 Å². The molecule has 0 bridgehead atoms. The summed E-state index contributed by atoms with van der Waals surface area (Å²) < 4.78 is 0. The molecule has 94 valence electrons. The van der Waals surface area contributed by atoms with E-state index in [1.54, 1.807) is 6.92 Å². The monoisotopic (exact) mass is 270 g/mol. The zero-order valence-corrected chi connectivity index (χ0v) is 10.9. The molecule has 0 unspecified atom stereocenters. The zero-order valence-electron chi connectivity index (χ0n) is 9.69. The SMILES string of the molecule is C=O.C=O.C=O.C[CH-]O.[C-]1=CC=CC1.[CH3-].[Mn+3]. The van der Waals surface area contributed by atoms with Crippen molar-refractivity contribution < 1.29 is 36.6 Å². The van der Waals surface area contributed by atoms with Gasteiger partial charge in [0.2, 0.25) is 0 Å². The molecule has 1 rings (SSSR count). The number of allylic oxidation sites excluding steroid dienone is 4. The van der Waals surface area contributed by atoms with Crippen molar-refractivity contribution in [3.8, 4) is 0 Å². The van der Waals surface area contributed by atoms with Crippen LogP contribution in [0.5, 0.6) is 0 Å². The van der Waals surface area contributed by atoms with Crippen LogP contribution in [0.3, 0.4) is 0 Å². The Hall–Kier alpha value is -1.03. The van der Waals surface area contributed by atoms with Crippen molar-refractivity contribution in [3.05, 3.63) is 38.3 Å². The molecule has 0 fully saturated rings. The minimum atomic E-state index is 0. The van der Waals surface area contributed by atoms with Crippen molar-refractivity contribution in [2.75, 3.05) is 0 Å². The smallest absolute Gasteiger partial charge is 0.566 e. The molecular weight excluding hydrogens is 251 g/mol. The second-order valence-electron chi connectivity index (χ2n) is 1.26. The van der Waals surface area contributed by atoms with E-state index in [2.05, 4.69) is 12.2 Å². The van der Waals surface area contributed by atoms with Gasteiger partial charge in [-0.15, -0.1) is 6.42 Å². The van der Waals surface area contributed by atoms with E-state index in [1.165, 1.54) is 0 Å². The molecule has 1 aliphatic rings. The largest absolute Gasteiger partial charge is 3.00 e. The zero-order chi connectivity index (χ0) is 12.2. The van der Waals surface area contributed by atoms with Crippen LogP contribution < -0.4 is 0 Å². The summed E-state index contributed by atoms with van der Waals surface area (Å²) in [6.07, 6.45) is 10.0. The number of rotatable bonds is 0. The number of hydrogen-bond acceptors (Lipinski definition) is 4. The van der Waals surface area contributed by atoms with Crippen LogP contribution in [-0.2, 0) is 31.5 Å². The summed E-state index contributed by atoms with van der Waals surface area (Å²) in [6.45, 7) is 8.56. The summed E-state index contributed by atoms with van der Waals surface area (Å²) in [6, 6.07) is 0. The third kappa shape index (κ3) is 118. The number of hydrogen-bond donors (Lipinski definition) is 1. The predicted octanol–water partition coefficient (Wildman–Crippen LogP) is 1.74. The van der Waals surface area contributed by atoms with Crippen molar-refractivity contribution in [3.63, 3.8) is 0 Å². The Bertz CT molecular complexity index is 112. The van der Waals surface area contributed by atoms with Crippen LogP contribution >= 0.6 is 0 Å². The van der Waals surface area contributed by atoms with Gasteiger partial charge in [0.15, 0.2) is 0 Å². The first-order chi connectivity index (χ1) is 6.91. The maximum atomic E-state index is 8.00. The van der Waals surface area contributed by atoms with Gasteiger partial charge in [0.05, 0.1) is 0 Å². The quantitative estimate of drug-likeness (QED) is 0.537. The van der Waals surface area contributed by atoms with Crippen LogP contribution in [0, 0.1) is 20.1 Å². The Labute approximate surface area is 109 Å². The molecule has 0 spiro atoms. The molecule has 0 aliphatic heterocycles. The topological polar surface area (TPSA) is 71.4 Å².